The van der Waals surface area contributed by atoms with Crippen LogP contribution >= 0.6 is 0 Å². The van der Waals surface area contributed by atoms with E-state index in [4.69, 9.17) is 0 Å². The largest absolute Gasteiger partial charge is 0.361 e. The Balaban J connectivity index is 1.34. The molecule has 1 aliphatic heterocycles. The van der Waals surface area contributed by atoms with Crippen molar-refractivity contribution in [1.82, 2.24) is 21.2 Å². The number of rotatable bonds is 5. The fourth-order valence-corrected chi connectivity index (χ4v) is 4.25. The van der Waals surface area contributed by atoms with E-state index in [9.17, 15) is 14.9 Å². The second-order valence-corrected chi connectivity index (χ2v) is 7.19. The molecule has 1 aromatic heterocycles. The molecule has 2 heterocycles. The number of aromatic amines is 1. The maximum absolute atomic E-state index is 12.6. The molecule has 8 heteroatoms. The number of hydrogen-bond acceptors (Lipinski definition) is 5. The fourth-order valence-electron chi connectivity index (χ4n) is 4.25. The monoisotopic (exact) mass is 357 g/mol. The molecule has 4 atom stereocenters. The summed E-state index contributed by atoms with van der Waals surface area (Å²) in [6.45, 7) is 0.537. The highest BCUT2D eigenvalue weighted by molar-refractivity contribution is 5.84. The number of nitro groups is 1. The Hall–Kier alpha value is -2.45. The molecule has 2 aromatic rings. The first-order chi connectivity index (χ1) is 12.6. The maximum Gasteiger partial charge on any atom is 0.238 e. The summed E-state index contributed by atoms with van der Waals surface area (Å²) in [6.07, 6.45) is 4.45. The van der Waals surface area contributed by atoms with Crippen LogP contribution in [-0.2, 0) is 11.2 Å². The number of nitrogens with zero attached hydrogens (tertiary/aromatic N) is 1. The van der Waals surface area contributed by atoms with Gasteiger partial charge in [-0.05, 0) is 24.5 Å². The van der Waals surface area contributed by atoms with Crippen molar-refractivity contribution in [2.45, 2.75) is 43.8 Å². The Morgan fingerprint density at radius 1 is 1.27 bits per heavy atom. The van der Waals surface area contributed by atoms with Crippen LogP contribution < -0.4 is 16.2 Å². The summed E-state index contributed by atoms with van der Waals surface area (Å²) >= 11 is 0. The Morgan fingerprint density at radius 3 is 2.96 bits per heavy atom. The van der Waals surface area contributed by atoms with Gasteiger partial charge >= 0.3 is 0 Å². The summed E-state index contributed by atoms with van der Waals surface area (Å²) in [7, 11) is 0. The Kier molecular flexibility index (Phi) is 4.60. The molecule has 1 saturated carbocycles. The molecule has 2 fully saturated rings. The smallest absolute Gasteiger partial charge is 0.238 e. The van der Waals surface area contributed by atoms with E-state index in [0.29, 0.717) is 19.4 Å². The van der Waals surface area contributed by atoms with E-state index in [2.05, 4.69) is 27.2 Å². The van der Waals surface area contributed by atoms with E-state index in [1.165, 1.54) is 10.9 Å². The lowest BCUT2D eigenvalue weighted by Gasteiger charge is -2.28. The zero-order chi connectivity index (χ0) is 18.1. The molecule has 0 radical (unpaired) electrons. The third-order valence-electron chi connectivity index (χ3n) is 5.67. The van der Waals surface area contributed by atoms with Crippen LogP contribution in [0.15, 0.2) is 30.5 Å². The van der Waals surface area contributed by atoms with Gasteiger partial charge in [0.2, 0.25) is 11.9 Å². The standard InChI is InChI=1S/C18H23N5O3/c24-18(17-14-9-12(23(25)26)5-6-16(14)21-22-17)19-8-7-11-10-20-15-4-2-1-3-13(11)15/h1-4,10,12,14,16-17,20-22H,5-9H2,(H,19,24). The van der Waals surface area contributed by atoms with Gasteiger partial charge in [0.15, 0.2) is 0 Å². The van der Waals surface area contributed by atoms with Gasteiger partial charge in [-0.25, -0.2) is 5.43 Å². The van der Waals surface area contributed by atoms with Gasteiger partial charge in [0.05, 0.1) is 0 Å². The Bertz CT molecular complexity index is 820. The van der Waals surface area contributed by atoms with Crippen molar-refractivity contribution in [2.75, 3.05) is 6.54 Å². The van der Waals surface area contributed by atoms with Crippen molar-refractivity contribution >= 4 is 16.8 Å². The number of H-pyrrole nitrogens is 1. The van der Waals surface area contributed by atoms with Gasteiger partial charge in [0.1, 0.15) is 6.04 Å². The molecule has 0 bridgehead atoms. The predicted octanol–water partition coefficient (Wildman–Crippen LogP) is 1.12. The van der Waals surface area contributed by atoms with Gasteiger partial charge in [0, 0.05) is 53.4 Å². The average molecular weight is 357 g/mol. The lowest BCUT2D eigenvalue weighted by molar-refractivity contribution is -0.528. The second kappa shape index (κ2) is 7.05. The highest BCUT2D eigenvalue weighted by Crippen LogP contribution is 2.31. The highest BCUT2D eigenvalue weighted by atomic mass is 16.6. The van der Waals surface area contributed by atoms with Crippen molar-refractivity contribution in [3.8, 4) is 0 Å². The van der Waals surface area contributed by atoms with Gasteiger partial charge in [-0.2, -0.15) is 0 Å². The van der Waals surface area contributed by atoms with Crippen LogP contribution in [0.25, 0.3) is 10.9 Å². The number of benzene rings is 1. The molecule has 4 rings (SSSR count). The highest BCUT2D eigenvalue weighted by Gasteiger charge is 2.46. The van der Waals surface area contributed by atoms with Gasteiger partial charge in [-0.3, -0.25) is 20.3 Å². The molecular formula is C18H23N5O3. The quantitative estimate of drug-likeness (QED) is 0.473. The molecule has 1 amide bonds. The molecule has 26 heavy (non-hydrogen) atoms. The average Bonchev–Trinajstić information content (AvgIpc) is 3.25. The molecule has 1 aromatic carbocycles. The third-order valence-corrected chi connectivity index (χ3v) is 5.67. The van der Waals surface area contributed by atoms with Crippen LogP contribution in [0.2, 0.25) is 0 Å². The summed E-state index contributed by atoms with van der Waals surface area (Å²) in [5, 5.41) is 15.2. The normalized spacial score (nSPS) is 28.0. The molecule has 4 unspecified atom stereocenters. The van der Waals surface area contributed by atoms with Crippen LogP contribution in [0.3, 0.4) is 0 Å². The Labute approximate surface area is 150 Å². The number of nitrogens with one attached hydrogen (secondary N) is 4. The molecule has 2 aliphatic rings. The lowest BCUT2D eigenvalue weighted by Crippen LogP contribution is -2.47. The van der Waals surface area contributed by atoms with Crippen LogP contribution in [0.5, 0.6) is 0 Å². The van der Waals surface area contributed by atoms with Crippen molar-refractivity contribution in [3.63, 3.8) is 0 Å². The van der Waals surface area contributed by atoms with Gasteiger partial charge in [-0.1, -0.05) is 18.2 Å². The molecule has 1 saturated heterocycles. The van der Waals surface area contributed by atoms with E-state index < -0.39 is 12.1 Å². The molecule has 138 valence electrons. The molecule has 4 N–H and O–H groups in total. The van der Waals surface area contributed by atoms with E-state index in [1.807, 2.05) is 24.4 Å². The first kappa shape index (κ1) is 17.0. The van der Waals surface area contributed by atoms with Crippen LogP contribution in [0.1, 0.15) is 24.8 Å². The van der Waals surface area contributed by atoms with Crippen molar-refractivity contribution < 1.29 is 9.72 Å². The lowest BCUT2D eigenvalue weighted by atomic mass is 9.79. The second-order valence-electron chi connectivity index (χ2n) is 7.19. The number of hydrogen-bond donors (Lipinski definition) is 4. The number of fused-ring (bicyclic) bond motifs is 2. The number of aromatic nitrogens is 1. The zero-order valence-corrected chi connectivity index (χ0v) is 14.4. The molecule has 8 nitrogen and oxygen atoms in total. The van der Waals surface area contributed by atoms with Crippen molar-refractivity contribution in [1.29, 1.82) is 0 Å². The van der Waals surface area contributed by atoms with Crippen LogP contribution in [-0.4, -0.2) is 40.5 Å². The summed E-state index contributed by atoms with van der Waals surface area (Å²) in [5.74, 6) is -0.124. The van der Waals surface area contributed by atoms with E-state index in [0.717, 1.165) is 18.4 Å². The molecular weight excluding hydrogens is 334 g/mol. The van der Waals surface area contributed by atoms with E-state index in [-0.39, 0.29) is 22.8 Å². The van der Waals surface area contributed by atoms with Crippen molar-refractivity contribution in [3.05, 3.63) is 46.1 Å². The van der Waals surface area contributed by atoms with Gasteiger partial charge in [0.25, 0.3) is 0 Å². The summed E-state index contributed by atoms with van der Waals surface area (Å²) in [5.41, 5.74) is 8.44. The van der Waals surface area contributed by atoms with Gasteiger partial charge < -0.3 is 10.3 Å². The number of amides is 1. The maximum atomic E-state index is 12.6. The zero-order valence-electron chi connectivity index (χ0n) is 14.4. The Morgan fingerprint density at radius 2 is 2.12 bits per heavy atom. The first-order valence-electron chi connectivity index (χ1n) is 9.10. The van der Waals surface area contributed by atoms with Crippen LogP contribution in [0.4, 0.5) is 0 Å². The summed E-state index contributed by atoms with van der Waals surface area (Å²) < 4.78 is 0. The minimum atomic E-state index is -0.542. The van der Waals surface area contributed by atoms with Crippen LogP contribution in [0, 0.1) is 16.0 Å². The summed E-state index contributed by atoms with van der Waals surface area (Å²) in [4.78, 5) is 26.7. The molecule has 1 aliphatic carbocycles. The SMILES string of the molecule is O=C(NCCc1c[nH]c2ccccc12)C1NNC2CCC([N+](=O)[O-])CC21. The van der Waals surface area contributed by atoms with Gasteiger partial charge in [-0.15, -0.1) is 0 Å². The number of hydrazine groups is 1. The number of para-hydroxylation sites is 1. The third kappa shape index (κ3) is 3.17. The summed E-state index contributed by atoms with van der Waals surface area (Å²) in [6, 6.07) is 7.26. The topological polar surface area (TPSA) is 112 Å². The fraction of sp³-hybridized carbons (Fsp3) is 0.500. The molecule has 0 spiro atoms. The van der Waals surface area contributed by atoms with E-state index >= 15 is 0 Å². The van der Waals surface area contributed by atoms with Crippen molar-refractivity contribution in [2.24, 2.45) is 5.92 Å². The predicted molar refractivity (Wildman–Crippen MR) is 97.0 cm³/mol. The minimum absolute atomic E-state index is 0.0350. The number of carbonyl (C=O) groups is 1. The van der Waals surface area contributed by atoms with E-state index in [1.54, 1.807) is 0 Å². The first-order valence-corrected chi connectivity index (χ1v) is 9.10. The minimum Gasteiger partial charge on any atom is -0.361 e. The number of carbonyl (C=O) groups excluding carboxylic acids is 1.